The molecule has 78 valence electrons. The van der Waals surface area contributed by atoms with Gasteiger partial charge in [0.1, 0.15) is 17.5 Å². The maximum Gasteiger partial charge on any atom is 0.140 e. The van der Waals surface area contributed by atoms with Crippen molar-refractivity contribution in [3.05, 3.63) is 34.4 Å². The Balaban J connectivity index is 2.68. The molecule has 0 aliphatic carbocycles. The Morgan fingerprint density at radius 2 is 2.00 bits per heavy atom. The average Bonchev–Trinajstić information content (AvgIpc) is 2.58. The van der Waals surface area contributed by atoms with Crippen LogP contribution in [0.4, 0.5) is 14.6 Å². The summed E-state index contributed by atoms with van der Waals surface area (Å²) in [6.07, 6.45) is 1.41. The third-order valence-corrected chi connectivity index (χ3v) is 2.76. The Morgan fingerprint density at radius 3 is 2.60 bits per heavy atom. The van der Waals surface area contributed by atoms with Crippen LogP contribution in [0.5, 0.6) is 0 Å². The normalized spacial score (nSPS) is 10.6. The lowest BCUT2D eigenvalue weighted by molar-refractivity contribution is 0.580. The molecule has 0 aliphatic rings. The van der Waals surface area contributed by atoms with E-state index in [1.165, 1.54) is 12.3 Å². The summed E-state index contributed by atoms with van der Waals surface area (Å²) in [5.41, 5.74) is 6.35. The molecule has 1 aromatic heterocycles. The van der Waals surface area contributed by atoms with Crippen LogP contribution >= 0.6 is 15.9 Å². The van der Waals surface area contributed by atoms with Gasteiger partial charge in [0.05, 0.1) is 10.7 Å². The van der Waals surface area contributed by atoms with Gasteiger partial charge in [-0.2, -0.15) is 5.10 Å². The van der Waals surface area contributed by atoms with Crippen LogP contribution in [0.15, 0.2) is 22.8 Å². The van der Waals surface area contributed by atoms with Crippen molar-refractivity contribution >= 4 is 21.7 Å². The van der Waals surface area contributed by atoms with Gasteiger partial charge in [-0.15, -0.1) is 0 Å². The Hall–Kier alpha value is -1.43. The second kappa shape index (κ2) is 3.62. The van der Waals surface area contributed by atoms with E-state index < -0.39 is 11.6 Å². The number of nitrogens with two attached hydrogens (primary N) is 1. The topological polar surface area (TPSA) is 54.7 Å². The van der Waals surface area contributed by atoms with Crippen molar-refractivity contribution < 1.29 is 8.78 Å². The van der Waals surface area contributed by atoms with E-state index in [1.807, 2.05) is 0 Å². The average molecular weight is 274 g/mol. The molecule has 1 aromatic carbocycles. The molecule has 6 heteroatoms. The molecule has 0 atom stereocenters. The summed E-state index contributed by atoms with van der Waals surface area (Å²) >= 11 is 3.03. The maximum absolute atomic E-state index is 13.2. The van der Waals surface area contributed by atoms with E-state index in [0.29, 0.717) is 11.1 Å². The van der Waals surface area contributed by atoms with Gasteiger partial charge >= 0.3 is 0 Å². The van der Waals surface area contributed by atoms with Crippen LogP contribution in [0.2, 0.25) is 0 Å². The Bertz CT molecular complexity index is 510. The number of nitrogen functional groups attached to an aromatic ring is 1. The Labute approximate surface area is 92.4 Å². The van der Waals surface area contributed by atoms with E-state index in [-0.39, 0.29) is 10.3 Å². The first-order valence-electron chi connectivity index (χ1n) is 4.03. The third-order valence-electron chi connectivity index (χ3n) is 1.95. The summed E-state index contributed by atoms with van der Waals surface area (Å²) in [6, 6.07) is 1.98. The van der Waals surface area contributed by atoms with Crippen LogP contribution in [-0.2, 0) is 0 Å². The minimum absolute atomic E-state index is 0.164. The highest BCUT2D eigenvalue weighted by atomic mass is 79.9. The van der Waals surface area contributed by atoms with E-state index >= 15 is 0 Å². The van der Waals surface area contributed by atoms with Crippen molar-refractivity contribution in [2.45, 2.75) is 0 Å². The number of H-pyrrole nitrogens is 1. The van der Waals surface area contributed by atoms with Gasteiger partial charge in [0.2, 0.25) is 0 Å². The van der Waals surface area contributed by atoms with Crippen LogP contribution in [0.25, 0.3) is 11.1 Å². The standard InChI is InChI=1S/C9H6BrF2N3/c10-8-5(1-4(11)2-7(8)12)6-3-14-15-9(6)13/h1-3H,(H3,13,14,15). The minimum atomic E-state index is -0.675. The summed E-state index contributed by atoms with van der Waals surface area (Å²) in [5, 5.41) is 6.18. The predicted molar refractivity (Wildman–Crippen MR) is 56.1 cm³/mol. The number of hydrogen-bond donors (Lipinski definition) is 2. The quantitative estimate of drug-likeness (QED) is 0.785. The summed E-state index contributed by atoms with van der Waals surface area (Å²) in [4.78, 5) is 0. The first kappa shape index (κ1) is 10.1. The molecule has 0 radical (unpaired) electrons. The summed E-state index contributed by atoms with van der Waals surface area (Å²) in [5.74, 6) is -1.07. The zero-order chi connectivity index (χ0) is 11.0. The predicted octanol–water partition coefficient (Wildman–Crippen LogP) is 2.70. The fourth-order valence-corrected chi connectivity index (χ4v) is 1.71. The number of aromatic amines is 1. The molecule has 2 rings (SSSR count). The highest BCUT2D eigenvalue weighted by Crippen LogP contribution is 2.33. The van der Waals surface area contributed by atoms with Crippen molar-refractivity contribution in [3.63, 3.8) is 0 Å². The molecule has 0 unspecified atom stereocenters. The highest BCUT2D eigenvalue weighted by molar-refractivity contribution is 9.10. The van der Waals surface area contributed by atoms with Crippen molar-refractivity contribution in [3.8, 4) is 11.1 Å². The van der Waals surface area contributed by atoms with E-state index in [2.05, 4.69) is 26.1 Å². The van der Waals surface area contributed by atoms with Gasteiger partial charge in [0.15, 0.2) is 0 Å². The first-order chi connectivity index (χ1) is 7.09. The number of halogens is 3. The van der Waals surface area contributed by atoms with E-state index in [4.69, 9.17) is 5.73 Å². The Morgan fingerprint density at radius 1 is 1.27 bits per heavy atom. The van der Waals surface area contributed by atoms with Gasteiger partial charge in [-0.3, -0.25) is 5.10 Å². The molecule has 0 spiro atoms. The molecule has 0 bridgehead atoms. The minimum Gasteiger partial charge on any atom is -0.384 e. The molecular formula is C9H6BrF2N3. The molecule has 0 saturated heterocycles. The van der Waals surface area contributed by atoms with Crippen LogP contribution in [-0.4, -0.2) is 10.2 Å². The SMILES string of the molecule is Nc1[nH]ncc1-c1cc(F)cc(F)c1Br. The second-order valence-corrected chi connectivity index (χ2v) is 3.74. The molecule has 2 aromatic rings. The number of nitrogens with zero attached hydrogens (tertiary/aromatic N) is 1. The fraction of sp³-hybridized carbons (Fsp3) is 0. The van der Waals surface area contributed by atoms with Crippen molar-refractivity contribution in [2.75, 3.05) is 5.73 Å². The number of aromatic nitrogens is 2. The monoisotopic (exact) mass is 273 g/mol. The molecule has 15 heavy (non-hydrogen) atoms. The van der Waals surface area contributed by atoms with Gasteiger partial charge in [0.25, 0.3) is 0 Å². The molecule has 3 nitrogen and oxygen atoms in total. The number of nitrogens with one attached hydrogen (secondary N) is 1. The lowest BCUT2D eigenvalue weighted by atomic mass is 10.1. The zero-order valence-electron chi connectivity index (χ0n) is 7.39. The van der Waals surface area contributed by atoms with E-state index in [0.717, 1.165) is 6.07 Å². The summed E-state index contributed by atoms with van der Waals surface area (Å²) < 4.78 is 26.4. The summed E-state index contributed by atoms with van der Waals surface area (Å²) in [6.45, 7) is 0. The second-order valence-electron chi connectivity index (χ2n) is 2.95. The van der Waals surface area contributed by atoms with Gasteiger partial charge in [-0.05, 0) is 22.0 Å². The van der Waals surface area contributed by atoms with Crippen LogP contribution < -0.4 is 5.73 Å². The third kappa shape index (κ3) is 1.72. The Kier molecular flexibility index (Phi) is 2.44. The van der Waals surface area contributed by atoms with Gasteiger partial charge in [-0.1, -0.05) is 0 Å². The zero-order valence-corrected chi connectivity index (χ0v) is 8.98. The van der Waals surface area contributed by atoms with Gasteiger partial charge in [-0.25, -0.2) is 8.78 Å². The molecule has 0 saturated carbocycles. The van der Waals surface area contributed by atoms with Crippen molar-refractivity contribution in [2.24, 2.45) is 0 Å². The smallest absolute Gasteiger partial charge is 0.140 e. The fourth-order valence-electron chi connectivity index (χ4n) is 1.26. The number of anilines is 1. The number of rotatable bonds is 1. The van der Waals surface area contributed by atoms with E-state index in [9.17, 15) is 8.78 Å². The van der Waals surface area contributed by atoms with Crippen molar-refractivity contribution in [1.82, 2.24) is 10.2 Å². The largest absolute Gasteiger partial charge is 0.384 e. The van der Waals surface area contributed by atoms with Gasteiger partial charge in [0, 0.05) is 17.2 Å². The summed E-state index contributed by atoms with van der Waals surface area (Å²) in [7, 11) is 0. The molecule has 0 fully saturated rings. The van der Waals surface area contributed by atoms with Crippen LogP contribution in [0.1, 0.15) is 0 Å². The number of benzene rings is 1. The van der Waals surface area contributed by atoms with Crippen LogP contribution in [0, 0.1) is 11.6 Å². The van der Waals surface area contributed by atoms with Crippen LogP contribution in [0.3, 0.4) is 0 Å². The van der Waals surface area contributed by atoms with Gasteiger partial charge < -0.3 is 5.73 Å². The molecule has 0 amide bonds. The van der Waals surface area contributed by atoms with E-state index in [1.54, 1.807) is 0 Å². The maximum atomic E-state index is 13.2. The highest BCUT2D eigenvalue weighted by Gasteiger charge is 2.13. The molecule has 3 N–H and O–H groups in total. The molecule has 1 heterocycles. The first-order valence-corrected chi connectivity index (χ1v) is 4.82. The lowest BCUT2D eigenvalue weighted by Gasteiger charge is -2.04. The molecule has 0 aliphatic heterocycles. The van der Waals surface area contributed by atoms with Crippen molar-refractivity contribution in [1.29, 1.82) is 0 Å². The lowest BCUT2D eigenvalue weighted by Crippen LogP contribution is -1.91. The number of hydrogen-bond acceptors (Lipinski definition) is 2. The molecular weight excluding hydrogens is 268 g/mol.